The number of halogens is 2. The molecule has 0 radical (unpaired) electrons. The highest BCUT2D eigenvalue weighted by Crippen LogP contribution is 2.23. The van der Waals surface area contributed by atoms with Crippen LogP contribution in [-0.4, -0.2) is 19.4 Å². The van der Waals surface area contributed by atoms with Crippen molar-refractivity contribution in [1.82, 2.24) is 5.32 Å². The topological polar surface area (TPSA) is 29.1 Å². The summed E-state index contributed by atoms with van der Waals surface area (Å²) in [4.78, 5) is 12.0. The predicted octanol–water partition coefficient (Wildman–Crippen LogP) is 2.39. The third-order valence-electron chi connectivity index (χ3n) is 2.41. The first-order valence-corrected chi connectivity index (χ1v) is 5.03. The molecule has 0 spiro atoms. The van der Waals surface area contributed by atoms with Gasteiger partial charge in [-0.15, -0.1) is 0 Å². The lowest BCUT2D eigenvalue weighted by molar-refractivity contribution is 0.0834. The minimum Gasteiger partial charge on any atom is -0.319 e. The van der Waals surface area contributed by atoms with E-state index in [0.29, 0.717) is 6.54 Å². The van der Waals surface area contributed by atoms with Crippen molar-refractivity contribution in [2.24, 2.45) is 5.41 Å². The van der Waals surface area contributed by atoms with E-state index >= 15 is 0 Å². The van der Waals surface area contributed by atoms with Crippen molar-refractivity contribution in [1.29, 1.82) is 0 Å². The summed E-state index contributed by atoms with van der Waals surface area (Å²) in [7, 11) is 1.71. The maximum absolute atomic E-state index is 13.4. The Kier molecular flexibility index (Phi) is 3.75. The molecule has 1 aromatic carbocycles. The van der Waals surface area contributed by atoms with Crippen LogP contribution in [0, 0.1) is 17.0 Å². The Labute approximate surface area is 93.7 Å². The Morgan fingerprint density at radius 2 is 2.00 bits per heavy atom. The SMILES string of the molecule is CNCC(C)(C)C(=O)c1cc(F)ccc1F. The molecule has 88 valence electrons. The monoisotopic (exact) mass is 227 g/mol. The van der Waals surface area contributed by atoms with E-state index in [4.69, 9.17) is 0 Å². The molecule has 0 aromatic heterocycles. The first kappa shape index (κ1) is 12.8. The Balaban J connectivity index is 3.09. The standard InChI is InChI=1S/C12H15F2NO/c1-12(2,7-15-3)11(16)9-6-8(13)4-5-10(9)14/h4-6,15H,7H2,1-3H3. The Morgan fingerprint density at radius 1 is 1.38 bits per heavy atom. The van der Waals surface area contributed by atoms with Crippen molar-refractivity contribution < 1.29 is 13.6 Å². The van der Waals surface area contributed by atoms with E-state index in [1.807, 2.05) is 0 Å². The lowest BCUT2D eigenvalue weighted by atomic mass is 9.84. The molecule has 0 aliphatic rings. The molecular weight excluding hydrogens is 212 g/mol. The highest BCUT2D eigenvalue weighted by atomic mass is 19.1. The van der Waals surface area contributed by atoms with Gasteiger partial charge in [-0.05, 0) is 25.2 Å². The molecule has 0 saturated heterocycles. The van der Waals surface area contributed by atoms with Crippen LogP contribution in [0.2, 0.25) is 0 Å². The zero-order chi connectivity index (χ0) is 12.3. The van der Waals surface area contributed by atoms with Gasteiger partial charge in [-0.2, -0.15) is 0 Å². The van der Waals surface area contributed by atoms with E-state index in [2.05, 4.69) is 5.32 Å². The molecule has 0 heterocycles. The van der Waals surface area contributed by atoms with Gasteiger partial charge in [0.2, 0.25) is 0 Å². The van der Waals surface area contributed by atoms with Crippen molar-refractivity contribution in [2.45, 2.75) is 13.8 Å². The number of benzene rings is 1. The van der Waals surface area contributed by atoms with Crippen LogP contribution in [-0.2, 0) is 0 Å². The van der Waals surface area contributed by atoms with Gasteiger partial charge in [-0.25, -0.2) is 8.78 Å². The molecule has 0 unspecified atom stereocenters. The van der Waals surface area contributed by atoms with E-state index in [-0.39, 0.29) is 5.56 Å². The minimum absolute atomic E-state index is 0.194. The molecule has 0 amide bonds. The van der Waals surface area contributed by atoms with Crippen LogP contribution in [0.5, 0.6) is 0 Å². The van der Waals surface area contributed by atoms with Crippen LogP contribution in [0.25, 0.3) is 0 Å². The van der Waals surface area contributed by atoms with Crippen LogP contribution in [0.4, 0.5) is 8.78 Å². The Morgan fingerprint density at radius 3 is 2.56 bits per heavy atom. The number of hydrogen-bond donors (Lipinski definition) is 1. The zero-order valence-electron chi connectivity index (χ0n) is 9.60. The van der Waals surface area contributed by atoms with E-state index < -0.39 is 22.8 Å². The number of nitrogens with one attached hydrogen (secondary N) is 1. The van der Waals surface area contributed by atoms with Crippen LogP contribution < -0.4 is 5.32 Å². The average Bonchev–Trinajstić information content (AvgIpc) is 2.20. The van der Waals surface area contributed by atoms with Crippen molar-refractivity contribution in [2.75, 3.05) is 13.6 Å². The van der Waals surface area contributed by atoms with E-state index in [9.17, 15) is 13.6 Å². The van der Waals surface area contributed by atoms with Gasteiger partial charge in [0.1, 0.15) is 11.6 Å². The highest BCUT2D eigenvalue weighted by molar-refractivity contribution is 6.00. The van der Waals surface area contributed by atoms with Gasteiger partial charge in [0.25, 0.3) is 0 Å². The van der Waals surface area contributed by atoms with Crippen LogP contribution in [0.15, 0.2) is 18.2 Å². The first-order chi connectivity index (χ1) is 7.38. The summed E-state index contributed by atoms with van der Waals surface area (Å²) in [6, 6.07) is 2.91. The summed E-state index contributed by atoms with van der Waals surface area (Å²) in [6.07, 6.45) is 0. The van der Waals surface area contributed by atoms with Crippen molar-refractivity contribution in [3.8, 4) is 0 Å². The van der Waals surface area contributed by atoms with Crippen molar-refractivity contribution >= 4 is 5.78 Å². The third-order valence-corrected chi connectivity index (χ3v) is 2.41. The molecule has 2 nitrogen and oxygen atoms in total. The van der Waals surface area contributed by atoms with Gasteiger partial charge >= 0.3 is 0 Å². The fraction of sp³-hybridized carbons (Fsp3) is 0.417. The van der Waals surface area contributed by atoms with Gasteiger partial charge < -0.3 is 5.32 Å². The number of Topliss-reactive ketones (excluding diaryl/α,β-unsaturated/α-hetero) is 1. The van der Waals surface area contributed by atoms with Gasteiger partial charge in [-0.3, -0.25) is 4.79 Å². The second-order valence-electron chi connectivity index (χ2n) is 4.37. The maximum Gasteiger partial charge on any atom is 0.172 e. The summed E-state index contributed by atoms with van der Waals surface area (Å²) in [5, 5.41) is 2.86. The number of carbonyl (C=O) groups is 1. The molecule has 1 rings (SSSR count). The van der Waals surface area contributed by atoms with Crippen molar-refractivity contribution in [3.05, 3.63) is 35.4 Å². The van der Waals surface area contributed by atoms with Crippen LogP contribution in [0.3, 0.4) is 0 Å². The third kappa shape index (κ3) is 2.64. The molecule has 0 aliphatic heterocycles. The maximum atomic E-state index is 13.4. The molecule has 1 N–H and O–H groups in total. The quantitative estimate of drug-likeness (QED) is 0.800. The van der Waals surface area contributed by atoms with E-state index in [1.54, 1.807) is 20.9 Å². The minimum atomic E-state index is -0.761. The normalized spacial score (nSPS) is 11.6. The highest BCUT2D eigenvalue weighted by Gasteiger charge is 2.30. The number of carbonyl (C=O) groups excluding carboxylic acids is 1. The summed E-state index contributed by atoms with van der Waals surface area (Å²) < 4.78 is 26.3. The molecule has 1 aromatic rings. The fourth-order valence-corrected chi connectivity index (χ4v) is 1.56. The summed E-state index contributed by atoms with van der Waals surface area (Å²) in [5.74, 6) is -1.69. The molecular formula is C12H15F2NO. The second-order valence-corrected chi connectivity index (χ2v) is 4.37. The molecule has 0 fully saturated rings. The van der Waals surface area contributed by atoms with Gasteiger partial charge in [-0.1, -0.05) is 13.8 Å². The van der Waals surface area contributed by atoms with E-state index in [1.165, 1.54) is 0 Å². The van der Waals surface area contributed by atoms with Gasteiger partial charge in [0.05, 0.1) is 5.56 Å². The first-order valence-electron chi connectivity index (χ1n) is 5.03. The number of hydrogen-bond acceptors (Lipinski definition) is 2. The molecule has 0 atom stereocenters. The smallest absolute Gasteiger partial charge is 0.172 e. The second kappa shape index (κ2) is 4.70. The molecule has 16 heavy (non-hydrogen) atoms. The van der Waals surface area contributed by atoms with Crippen LogP contribution >= 0.6 is 0 Å². The summed E-state index contributed by atoms with van der Waals surface area (Å²) in [6.45, 7) is 3.79. The van der Waals surface area contributed by atoms with Crippen LogP contribution in [0.1, 0.15) is 24.2 Å². The van der Waals surface area contributed by atoms with Crippen molar-refractivity contribution in [3.63, 3.8) is 0 Å². The molecule has 0 saturated carbocycles. The van der Waals surface area contributed by atoms with Gasteiger partial charge in [0, 0.05) is 12.0 Å². The summed E-state index contributed by atoms with van der Waals surface area (Å²) >= 11 is 0. The Hall–Kier alpha value is -1.29. The predicted molar refractivity (Wildman–Crippen MR) is 58.4 cm³/mol. The lowest BCUT2D eigenvalue weighted by Gasteiger charge is -2.22. The zero-order valence-corrected chi connectivity index (χ0v) is 9.60. The summed E-state index contributed by atoms with van der Waals surface area (Å²) in [5.41, 5.74) is -0.955. The Bertz CT molecular complexity index is 402. The van der Waals surface area contributed by atoms with Gasteiger partial charge in [0.15, 0.2) is 5.78 Å². The molecule has 0 aliphatic carbocycles. The van der Waals surface area contributed by atoms with E-state index in [0.717, 1.165) is 18.2 Å². The average molecular weight is 227 g/mol. The molecule has 4 heteroatoms. The largest absolute Gasteiger partial charge is 0.319 e. The molecule has 0 bridgehead atoms. The number of rotatable bonds is 4. The number of ketones is 1. The fourth-order valence-electron chi connectivity index (χ4n) is 1.56. The lowest BCUT2D eigenvalue weighted by Crippen LogP contribution is -2.35.